The van der Waals surface area contributed by atoms with E-state index in [2.05, 4.69) is 23.5 Å². The Balaban J connectivity index is 1.81. The van der Waals surface area contributed by atoms with Crippen LogP contribution in [0.4, 0.5) is 0 Å². The molecule has 2 rings (SSSR count). The normalized spacial score (nSPS) is 25.1. The highest BCUT2D eigenvalue weighted by Gasteiger charge is 2.30. The summed E-state index contributed by atoms with van der Waals surface area (Å²) in [5.41, 5.74) is 0. The van der Waals surface area contributed by atoms with Gasteiger partial charge in [0.25, 0.3) is 0 Å². The minimum atomic E-state index is 0.329. The van der Waals surface area contributed by atoms with Gasteiger partial charge in [-0.1, -0.05) is 43.4 Å². The molecular formula is C15H27NOS2. The Morgan fingerprint density at radius 3 is 2.21 bits per heavy atom. The van der Waals surface area contributed by atoms with Gasteiger partial charge in [-0.05, 0) is 31.6 Å². The number of nitrogens with zero attached hydrogens (tertiary/aromatic N) is 1. The molecule has 0 spiro atoms. The number of carbonyl (C=O) groups is 1. The van der Waals surface area contributed by atoms with Crippen molar-refractivity contribution in [3.05, 3.63) is 0 Å². The summed E-state index contributed by atoms with van der Waals surface area (Å²) >= 11 is 4.32. The number of hydrogen-bond donors (Lipinski definition) is 1. The largest absolute Gasteiger partial charge is 0.342 e. The molecule has 110 valence electrons. The van der Waals surface area contributed by atoms with Crippen LogP contribution in [0, 0.1) is 11.8 Å². The first-order chi connectivity index (χ1) is 9.22. The second-order valence-electron chi connectivity index (χ2n) is 6.16. The van der Waals surface area contributed by atoms with Crippen molar-refractivity contribution in [1.82, 2.24) is 4.90 Å². The molecular weight excluding hydrogens is 274 g/mol. The third-order valence-corrected chi connectivity index (χ3v) is 6.60. The third kappa shape index (κ3) is 4.32. The van der Waals surface area contributed by atoms with Gasteiger partial charge in [0.2, 0.25) is 5.91 Å². The van der Waals surface area contributed by atoms with Crippen LogP contribution in [-0.4, -0.2) is 29.1 Å². The van der Waals surface area contributed by atoms with Crippen LogP contribution in [0.2, 0.25) is 0 Å². The fourth-order valence-corrected chi connectivity index (χ4v) is 4.42. The molecule has 1 atom stereocenters. The smallest absolute Gasteiger partial charge is 0.225 e. The highest BCUT2D eigenvalue weighted by Crippen LogP contribution is 2.32. The van der Waals surface area contributed by atoms with Gasteiger partial charge in [0, 0.05) is 24.3 Å². The molecule has 2 aliphatic rings. The van der Waals surface area contributed by atoms with Crippen molar-refractivity contribution < 1.29 is 4.79 Å². The molecule has 1 unspecified atom stereocenters. The van der Waals surface area contributed by atoms with E-state index in [9.17, 15) is 4.79 Å². The average Bonchev–Trinajstić information content (AvgIpc) is 2.75. The number of amides is 1. The Morgan fingerprint density at radius 1 is 1.11 bits per heavy atom. The zero-order chi connectivity index (χ0) is 13.7. The van der Waals surface area contributed by atoms with Crippen molar-refractivity contribution in [3.8, 4) is 0 Å². The van der Waals surface area contributed by atoms with E-state index in [-0.39, 0.29) is 0 Å². The number of rotatable bonds is 3. The highest BCUT2D eigenvalue weighted by molar-refractivity contribution is 8.68. The summed E-state index contributed by atoms with van der Waals surface area (Å²) in [6.07, 6.45) is 9.72. The van der Waals surface area contributed by atoms with Gasteiger partial charge < -0.3 is 4.90 Å². The van der Waals surface area contributed by atoms with Crippen LogP contribution in [0.25, 0.3) is 0 Å². The number of thiol groups is 1. The number of piperidine rings is 1. The van der Waals surface area contributed by atoms with E-state index in [0.29, 0.717) is 17.1 Å². The summed E-state index contributed by atoms with van der Waals surface area (Å²) in [6, 6.07) is 0. The average molecular weight is 302 g/mol. The molecule has 1 aliphatic heterocycles. The maximum Gasteiger partial charge on any atom is 0.225 e. The molecule has 2 fully saturated rings. The quantitative estimate of drug-likeness (QED) is 0.480. The Bertz CT molecular complexity index is 282. The lowest BCUT2D eigenvalue weighted by Crippen LogP contribution is -2.43. The van der Waals surface area contributed by atoms with E-state index in [1.54, 1.807) is 10.8 Å². The molecule has 0 N–H and O–H groups in total. The summed E-state index contributed by atoms with van der Waals surface area (Å²) in [5, 5.41) is 0.610. The zero-order valence-electron chi connectivity index (χ0n) is 12.0. The SMILES string of the molecule is CC(SS)C1CCN(C(=O)C2CCCCCC2)CC1. The van der Waals surface area contributed by atoms with Gasteiger partial charge in [-0.2, -0.15) is 0 Å². The van der Waals surface area contributed by atoms with Crippen LogP contribution < -0.4 is 0 Å². The molecule has 1 heterocycles. The van der Waals surface area contributed by atoms with Gasteiger partial charge in [-0.3, -0.25) is 4.79 Å². The maximum absolute atomic E-state index is 12.6. The summed E-state index contributed by atoms with van der Waals surface area (Å²) < 4.78 is 0. The maximum atomic E-state index is 12.6. The Labute approximate surface area is 126 Å². The lowest BCUT2D eigenvalue weighted by atomic mass is 9.92. The standard InChI is InChI=1S/C15H27NOS2/c1-12(19-18)13-8-10-16(11-9-13)15(17)14-6-4-2-3-5-7-14/h12-14,18H,2-11H2,1H3. The van der Waals surface area contributed by atoms with Crippen molar-refractivity contribution in [2.24, 2.45) is 11.8 Å². The Kier molecular flexibility index (Phi) is 6.40. The molecule has 19 heavy (non-hydrogen) atoms. The molecule has 2 nitrogen and oxygen atoms in total. The van der Waals surface area contributed by atoms with Crippen LogP contribution in [0.1, 0.15) is 58.3 Å². The van der Waals surface area contributed by atoms with Gasteiger partial charge in [-0.25, -0.2) is 0 Å². The summed E-state index contributed by atoms with van der Waals surface area (Å²) in [4.78, 5) is 14.7. The van der Waals surface area contributed by atoms with E-state index < -0.39 is 0 Å². The zero-order valence-corrected chi connectivity index (χ0v) is 13.7. The molecule has 1 saturated carbocycles. The molecule has 4 heteroatoms. The molecule has 0 bridgehead atoms. The summed E-state index contributed by atoms with van der Waals surface area (Å²) in [5.74, 6) is 1.52. The van der Waals surface area contributed by atoms with Gasteiger partial charge in [0.1, 0.15) is 0 Å². The van der Waals surface area contributed by atoms with Crippen molar-refractivity contribution in [3.63, 3.8) is 0 Å². The topological polar surface area (TPSA) is 20.3 Å². The first-order valence-corrected chi connectivity index (χ1v) is 9.74. The van der Waals surface area contributed by atoms with E-state index in [1.165, 1.54) is 25.7 Å². The highest BCUT2D eigenvalue weighted by atomic mass is 33.1. The van der Waals surface area contributed by atoms with Crippen LogP contribution in [0.5, 0.6) is 0 Å². The predicted octanol–water partition coefficient (Wildman–Crippen LogP) is 4.16. The second-order valence-corrected chi connectivity index (χ2v) is 7.75. The molecule has 1 aliphatic carbocycles. The second kappa shape index (κ2) is 7.82. The fraction of sp³-hybridized carbons (Fsp3) is 0.933. The first-order valence-electron chi connectivity index (χ1n) is 7.81. The third-order valence-electron chi connectivity index (χ3n) is 4.89. The Morgan fingerprint density at radius 2 is 1.68 bits per heavy atom. The van der Waals surface area contributed by atoms with Crippen molar-refractivity contribution in [2.45, 2.75) is 63.5 Å². The predicted molar refractivity (Wildman–Crippen MR) is 86.5 cm³/mol. The number of likely N-dealkylation sites (tertiary alicyclic amines) is 1. The van der Waals surface area contributed by atoms with Crippen LogP contribution >= 0.6 is 22.5 Å². The molecule has 0 aromatic heterocycles. The van der Waals surface area contributed by atoms with Crippen molar-refractivity contribution in [2.75, 3.05) is 13.1 Å². The molecule has 1 amide bonds. The Hall–Kier alpha value is 0.170. The van der Waals surface area contributed by atoms with Crippen molar-refractivity contribution in [1.29, 1.82) is 0 Å². The summed E-state index contributed by atoms with van der Waals surface area (Å²) in [7, 11) is 1.66. The monoisotopic (exact) mass is 301 g/mol. The molecule has 1 saturated heterocycles. The number of hydrogen-bond acceptors (Lipinski definition) is 3. The number of carbonyl (C=O) groups excluding carboxylic acids is 1. The molecule has 0 aromatic carbocycles. The minimum Gasteiger partial charge on any atom is -0.342 e. The lowest BCUT2D eigenvalue weighted by molar-refractivity contribution is -0.137. The first kappa shape index (κ1) is 15.6. The van der Waals surface area contributed by atoms with Gasteiger partial charge in [0.05, 0.1) is 0 Å². The van der Waals surface area contributed by atoms with Gasteiger partial charge in [-0.15, -0.1) is 11.7 Å². The van der Waals surface area contributed by atoms with E-state index in [1.807, 2.05) is 0 Å². The van der Waals surface area contributed by atoms with Crippen LogP contribution in [0.3, 0.4) is 0 Å². The molecule has 0 radical (unpaired) electrons. The van der Waals surface area contributed by atoms with E-state index in [4.69, 9.17) is 0 Å². The molecule has 0 aromatic rings. The van der Waals surface area contributed by atoms with E-state index >= 15 is 0 Å². The van der Waals surface area contributed by atoms with Crippen LogP contribution in [-0.2, 0) is 4.79 Å². The fourth-order valence-electron chi connectivity index (χ4n) is 3.46. The van der Waals surface area contributed by atoms with E-state index in [0.717, 1.165) is 44.7 Å². The minimum absolute atomic E-state index is 0.329. The van der Waals surface area contributed by atoms with Crippen LogP contribution in [0.15, 0.2) is 0 Å². The van der Waals surface area contributed by atoms with Crippen molar-refractivity contribution >= 4 is 28.4 Å². The van der Waals surface area contributed by atoms with Gasteiger partial charge in [0.15, 0.2) is 0 Å². The summed E-state index contributed by atoms with van der Waals surface area (Å²) in [6.45, 7) is 4.20. The van der Waals surface area contributed by atoms with Gasteiger partial charge >= 0.3 is 0 Å². The lowest BCUT2D eigenvalue weighted by Gasteiger charge is -2.36.